The highest BCUT2D eigenvalue weighted by Gasteiger charge is 2.17. The van der Waals surface area contributed by atoms with Crippen molar-refractivity contribution >= 4 is 34.1 Å². The summed E-state index contributed by atoms with van der Waals surface area (Å²) in [6.07, 6.45) is -0.680. The van der Waals surface area contributed by atoms with Crippen LogP contribution in [-0.2, 0) is 10.5 Å². The Labute approximate surface area is 171 Å². The van der Waals surface area contributed by atoms with Gasteiger partial charge in [-0.05, 0) is 55.7 Å². The maximum atomic E-state index is 13.7. The van der Waals surface area contributed by atoms with Crippen molar-refractivity contribution in [1.29, 1.82) is 0 Å². The van der Waals surface area contributed by atoms with E-state index in [4.69, 9.17) is 4.74 Å². The molecule has 1 N–H and O–H groups in total. The zero-order valence-electron chi connectivity index (χ0n) is 15.7. The Balaban J connectivity index is 1.54. The number of halogens is 1. The number of aromatic nitrogens is 2. The number of nitrogens with one attached hydrogen (secondary N) is 1. The topological polar surface area (TPSA) is 64.1 Å². The summed E-state index contributed by atoms with van der Waals surface area (Å²) in [5.41, 5.74) is 2.87. The highest BCUT2D eigenvalue weighted by Crippen LogP contribution is 2.29. The van der Waals surface area contributed by atoms with Crippen molar-refractivity contribution in [2.75, 3.05) is 5.32 Å². The predicted octanol–water partition coefficient (Wildman–Crippen LogP) is 4.99. The third-order valence-corrected chi connectivity index (χ3v) is 6.13. The summed E-state index contributed by atoms with van der Waals surface area (Å²) in [6, 6.07) is 12.3. The van der Waals surface area contributed by atoms with Crippen molar-refractivity contribution in [3.8, 4) is 5.75 Å². The molecule has 1 heterocycles. The Morgan fingerprint density at radius 2 is 2.00 bits per heavy atom. The molecule has 3 rings (SSSR count). The van der Waals surface area contributed by atoms with Crippen LogP contribution in [0.1, 0.15) is 23.6 Å². The summed E-state index contributed by atoms with van der Waals surface area (Å²) in [5, 5.41) is 11.1. The Morgan fingerprint density at radius 3 is 2.75 bits per heavy atom. The summed E-state index contributed by atoms with van der Waals surface area (Å²) in [5.74, 6) is 0.538. The minimum absolute atomic E-state index is 0.245. The van der Waals surface area contributed by atoms with Gasteiger partial charge in [-0.15, -0.1) is 10.2 Å². The molecule has 28 heavy (non-hydrogen) atoms. The maximum absolute atomic E-state index is 13.7. The molecule has 0 saturated carbocycles. The van der Waals surface area contributed by atoms with Crippen molar-refractivity contribution in [1.82, 2.24) is 10.2 Å². The number of anilines is 1. The molecule has 0 saturated heterocycles. The lowest BCUT2D eigenvalue weighted by atomic mass is 10.1. The van der Waals surface area contributed by atoms with E-state index in [9.17, 15) is 9.18 Å². The van der Waals surface area contributed by atoms with Crippen LogP contribution in [-0.4, -0.2) is 22.2 Å². The van der Waals surface area contributed by atoms with Crippen molar-refractivity contribution in [3.63, 3.8) is 0 Å². The lowest BCUT2D eigenvalue weighted by molar-refractivity contribution is -0.122. The second-order valence-electron chi connectivity index (χ2n) is 6.25. The monoisotopic (exact) mass is 417 g/mol. The molecular formula is C20H20FN3O2S2. The maximum Gasteiger partial charge on any atom is 0.266 e. The summed E-state index contributed by atoms with van der Waals surface area (Å²) in [4.78, 5) is 12.3. The number of hydrogen-bond donors (Lipinski definition) is 1. The Bertz CT molecular complexity index is 978. The number of nitrogens with zero attached hydrogens (tertiary/aromatic N) is 2. The van der Waals surface area contributed by atoms with Crippen LogP contribution in [0.4, 0.5) is 9.52 Å². The molecule has 3 aromatic rings. The molecule has 2 aromatic carbocycles. The van der Waals surface area contributed by atoms with Crippen LogP contribution in [0, 0.1) is 19.7 Å². The minimum Gasteiger partial charge on any atom is -0.481 e. The number of benzene rings is 2. The molecule has 1 amide bonds. The fourth-order valence-electron chi connectivity index (χ4n) is 2.33. The van der Waals surface area contributed by atoms with E-state index < -0.39 is 6.10 Å². The van der Waals surface area contributed by atoms with Crippen LogP contribution in [0.5, 0.6) is 5.75 Å². The number of amides is 1. The highest BCUT2D eigenvalue weighted by molar-refractivity contribution is 8.00. The number of aryl methyl sites for hydroxylation is 2. The summed E-state index contributed by atoms with van der Waals surface area (Å²) in [6.45, 7) is 5.70. The van der Waals surface area contributed by atoms with Crippen LogP contribution in [0.3, 0.4) is 0 Å². The van der Waals surface area contributed by atoms with Gasteiger partial charge >= 0.3 is 0 Å². The van der Waals surface area contributed by atoms with E-state index >= 15 is 0 Å². The van der Waals surface area contributed by atoms with Gasteiger partial charge in [0.25, 0.3) is 5.91 Å². The number of ether oxygens (including phenoxy) is 1. The second-order valence-corrected chi connectivity index (χ2v) is 8.45. The number of thioether (sulfide) groups is 1. The van der Waals surface area contributed by atoms with Crippen LogP contribution < -0.4 is 10.1 Å². The highest BCUT2D eigenvalue weighted by atomic mass is 32.2. The van der Waals surface area contributed by atoms with E-state index in [2.05, 4.69) is 15.5 Å². The van der Waals surface area contributed by atoms with Gasteiger partial charge in [0.05, 0.1) is 0 Å². The molecule has 8 heteroatoms. The molecule has 1 aromatic heterocycles. The number of carbonyl (C=O) groups is 1. The van der Waals surface area contributed by atoms with E-state index in [0.29, 0.717) is 26.5 Å². The van der Waals surface area contributed by atoms with Crippen molar-refractivity contribution in [2.45, 2.75) is 37.0 Å². The average Bonchev–Trinajstić information content (AvgIpc) is 3.11. The molecular weight excluding hydrogens is 397 g/mol. The third-order valence-electron chi connectivity index (χ3n) is 4.11. The number of rotatable bonds is 7. The molecule has 0 radical (unpaired) electrons. The van der Waals surface area contributed by atoms with Gasteiger partial charge in [0.2, 0.25) is 5.13 Å². The predicted molar refractivity (Wildman–Crippen MR) is 111 cm³/mol. The Morgan fingerprint density at radius 1 is 1.21 bits per heavy atom. The van der Waals surface area contributed by atoms with Crippen LogP contribution >= 0.6 is 23.1 Å². The molecule has 0 aliphatic heterocycles. The van der Waals surface area contributed by atoms with E-state index in [1.165, 1.54) is 34.7 Å². The smallest absolute Gasteiger partial charge is 0.266 e. The van der Waals surface area contributed by atoms with E-state index in [1.54, 1.807) is 25.1 Å². The molecule has 146 valence electrons. The number of hydrogen-bond acceptors (Lipinski definition) is 6. The van der Waals surface area contributed by atoms with Gasteiger partial charge in [-0.25, -0.2) is 4.39 Å². The number of carbonyl (C=O) groups excluding carboxylic acids is 1. The van der Waals surface area contributed by atoms with E-state index in [1.807, 2.05) is 32.0 Å². The second kappa shape index (κ2) is 9.16. The molecule has 5 nitrogen and oxygen atoms in total. The quantitative estimate of drug-likeness (QED) is 0.433. The first-order valence-electron chi connectivity index (χ1n) is 8.67. The fraction of sp³-hybridized carbons (Fsp3) is 0.250. The summed E-state index contributed by atoms with van der Waals surface area (Å²) in [7, 11) is 0. The van der Waals surface area contributed by atoms with Gasteiger partial charge in [-0.2, -0.15) is 0 Å². The summed E-state index contributed by atoms with van der Waals surface area (Å²) < 4.78 is 20.0. The van der Waals surface area contributed by atoms with Gasteiger partial charge in [-0.1, -0.05) is 47.4 Å². The van der Waals surface area contributed by atoms with E-state index in [-0.39, 0.29) is 11.7 Å². The molecule has 1 atom stereocenters. The molecule has 0 fully saturated rings. The fourth-order valence-corrected chi connectivity index (χ4v) is 4.07. The average molecular weight is 418 g/mol. The first-order valence-corrected chi connectivity index (χ1v) is 10.5. The van der Waals surface area contributed by atoms with Gasteiger partial charge in [0.1, 0.15) is 11.6 Å². The third kappa shape index (κ3) is 5.30. The SMILES string of the molecule is Cc1ccc(O[C@@H](C)C(=O)Nc2nnc(SCc3ccccc3F)s2)cc1C. The molecule has 0 spiro atoms. The van der Waals surface area contributed by atoms with Gasteiger partial charge in [-0.3, -0.25) is 10.1 Å². The van der Waals surface area contributed by atoms with Gasteiger partial charge in [0, 0.05) is 5.75 Å². The van der Waals surface area contributed by atoms with E-state index in [0.717, 1.165) is 5.56 Å². The normalized spacial score (nSPS) is 11.9. The van der Waals surface area contributed by atoms with Crippen molar-refractivity contribution < 1.29 is 13.9 Å². The van der Waals surface area contributed by atoms with Crippen molar-refractivity contribution in [2.24, 2.45) is 0 Å². The largest absolute Gasteiger partial charge is 0.481 e. The molecule has 0 unspecified atom stereocenters. The lowest BCUT2D eigenvalue weighted by Gasteiger charge is -2.14. The zero-order valence-corrected chi connectivity index (χ0v) is 17.4. The molecule has 0 bridgehead atoms. The minimum atomic E-state index is -0.680. The van der Waals surface area contributed by atoms with Gasteiger partial charge < -0.3 is 4.74 Å². The zero-order chi connectivity index (χ0) is 20.1. The summed E-state index contributed by atoms with van der Waals surface area (Å²) >= 11 is 2.62. The van der Waals surface area contributed by atoms with Crippen LogP contribution in [0.25, 0.3) is 0 Å². The van der Waals surface area contributed by atoms with Crippen LogP contribution in [0.15, 0.2) is 46.8 Å². The van der Waals surface area contributed by atoms with Gasteiger partial charge in [0.15, 0.2) is 10.4 Å². The first-order chi connectivity index (χ1) is 13.4. The first kappa shape index (κ1) is 20.3. The Kier molecular flexibility index (Phi) is 6.64. The van der Waals surface area contributed by atoms with Crippen molar-refractivity contribution in [3.05, 3.63) is 65.0 Å². The lowest BCUT2D eigenvalue weighted by Crippen LogP contribution is -2.30. The Hall–Kier alpha value is -2.45. The van der Waals surface area contributed by atoms with Crippen LogP contribution in [0.2, 0.25) is 0 Å². The molecule has 0 aliphatic carbocycles. The molecule has 0 aliphatic rings. The standard InChI is InChI=1S/C20H20FN3O2S2/c1-12-8-9-16(10-13(12)2)26-14(3)18(25)22-19-23-24-20(28-19)27-11-15-6-4-5-7-17(15)21/h4-10,14H,11H2,1-3H3,(H,22,23,25)/t14-/m0/s1.